The highest BCUT2D eigenvalue weighted by molar-refractivity contribution is 5.88. The monoisotopic (exact) mass is 293 g/mol. The zero-order chi connectivity index (χ0) is 14.9. The average Bonchev–Trinajstić information content (AvgIpc) is 3.18. The predicted molar refractivity (Wildman–Crippen MR) is 80.8 cm³/mol. The summed E-state index contributed by atoms with van der Waals surface area (Å²) < 4.78 is 0. The van der Waals surface area contributed by atoms with Gasteiger partial charge in [0.15, 0.2) is 0 Å². The molecule has 0 aromatic heterocycles. The van der Waals surface area contributed by atoms with Crippen LogP contribution in [0.1, 0.15) is 57.8 Å². The Labute approximate surface area is 126 Å². The maximum absolute atomic E-state index is 12.6. The van der Waals surface area contributed by atoms with Crippen molar-refractivity contribution in [3.8, 4) is 0 Å². The van der Waals surface area contributed by atoms with E-state index in [0.29, 0.717) is 6.04 Å². The third kappa shape index (κ3) is 2.80. The Balaban J connectivity index is 1.79. The lowest BCUT2D eigenvalue weighted by atomic mass is 9.79. The summed E-state index contributed by atoms with van der Waals surface area (Å²) >= 11 is 0. The lowest BCUT2D eigenvalue weighted by Crippen LogP contribution is -2.63. The number of carbonyl (C=O) groups is 2. The van der Waals surface area contributed by atoms with Crippen LogP contribution < -0.4 is 10.6 Å². The van der Waals surface area contributed by atoms with E-state index in [1.54, 1.807) is 7.05 Å². The van der Waals surface area contributed by atoms with Crippen molar-refractivity contribution < 1.29 is 9.59 Å². The molecule has 2 N–H and O–H groups in total. The van der Waals surface area contributed by atoms with Crippen LogP contribution >= 0.6 is 0 Å². The number of nitrogens with one attached hydrogen (secondary N) is 2. The van der Waals surface area contributed by atoms with Gasteiger partial charge < -0.3 is 10.6 Å². The van der Waals surface area contributed by atoms with Crippen molar-refractivity contribution in [2.45, 2.75) is 75.4 Å². The van der Waals surface area contributed by atoms with Crippen LogP contribution in [0, 0.1) is 0 Å². The number of amides is 2. The number of carbonyl (C=O) groups excluding carboxylic acids is 2. The van der Waals surface area contributed by atoms with Crippen LogP contribution in [0.25, 0.3) is 0 Å². The average molecular weight is 293 g/mol. The molecule has 0 radical (unpaired) electrons. The zero-order valence-electron chi connectivity index (χ0n) is 13.0. The van der Waals surface area contributed by atoms with E-state index in [-0.39, 0.29) is 17.9 Å². The number of likely N-dealkylation sites (N-methyl/N-ethyl adjacent to an activating group) is 1. The smallest absolute Gasteiger partial charge is 0.240 e. The van der Waals surface area contributed by atoms with Crippen molar-refractivity contribution in [3.05, 3.63) is 0 Å². The largest absolute Gasteiger partial charge is 0.358 e. The summed E-state index contributed by atoms with van der Waals surface area (Å²) in [5, 5.41) is 5.98. The van der Waals surface area contributed by atoms with E-state index in [9.17, 15) is 9.59 Å². The van der Waals surface area contributed by atoms with Gasteiger partial charge in [0.25, 0.3) is 0 Å². The molecular formula is C16H27N3O2. The first-order valence-corrected chi connectivity index (χ1v) is 8.47. The van der Waals surface area contributed by atoms with Crippen molar-refractivity contribution in [1.82, 2.24) is 15.5 Å². The Kier molecular flexibility index (Phi) is 4.20. The Bertz CT molecular complexity index is 414. The minimum absolute atomic E-state index is 0.105. The quantitative estimate of drug-likeness (QED) is 0.818. The molecule has 0 unspecified atom stereocenters. The maximum atomic E-state index is 12.6. The second-order valence-electron chi connectivity index (χ2n) is 6.81. The summed E-state index contributed by atoms with van der Waals surface area (Å²) in [7, 11) is 1.72. The van der Waals surface area contributed by atoms with Crippen LogP contribution in [0.4, 0.5) is 0 Å². The van der Waals surface area contributed by atoms with Gasteiger partial charge in [-0.2, -0.15) is 0 Å². The Hall–Kier alpha value is -1.10. The second-order valence-corrected chi connectivity index (χ2v) is 6.81. The van der Waals surface area contributed by atoms with Gasteiger partial charge in [-0.3, -0.25) is 14.5 Å². The number of hydrogen-bond donors (Lipinski definition) is 2. The zero-order valence-corrected chi connectivity index (χ0v) is 13.0. The van der Waals surface area contributed by atoms with Crippen LogP contribution in [0.15, 0.2) is 0 Å². The summed E-state index contributed by atoms with van der Waals surface area (Å²) in [6.07, 6.45) is 9.27. The Morgan fingerprint density at radius 2 is 1.76 bits per heavy atom. The first-order chi connectivity index (χ1) is 10.2. The SMILES string of the molecule is CNC(=O)C1(N2CCC[C@H]2C(=O)NC2CC2)CCCCC1. The molecular weight excluding hydrogens is 266 g/mol. The van der Waals surface area contributed by atoms with Gasteiger partial charge in [-0.15, -0.1) is 0 Å². The molecule has 0 aromatic rings. The number of likely N-dealkylation sites (tertiary alicyclic amines) is 1. The molecule has 5 nitrogen and oxygen atoms in total. The summed E-state index contributed by atoms with van der Waals surface area (Å²) in [5.41, 5.74) is -0.449. The van der Waals surface area contributed by atoms with E-state index in [4.69, 9.17) is 0 Å². The molecule has 0 spiro atoms. The van der Waals surface area contributed by atoms with Gasteiger partial charge in [0.1, 0.15) is 5.54 Å². The molecule has 5 heteroatoms. The number of hydrogen-bond acceptors (Lipinski definition) is 3. The van der Waals surface area contributed by atoms with Crippen molar-refractivity contribution >= 4 is 11.8 Å². The van der Waals surface area contributed by atoms with Gasteiger partial charge in [0, 0.05) is 19.6 Å². The molecule has 3 rings (SSSR count). The lowest BCUT2D eigenvalue weighted by molar-refractivity contribution is -0.140. The number of nitrogens with zero attached hydrogens (tertiary/aromatic N) is 1. The molecule has 3 fully saturated rings. The fourth-order valence-corrected chi connectivity index (χ4v) is 4.09. The summed E-state index contributed by atoms with van der Waals surface area (Å²) in [4.78, 5) is 27.3. The fourth-order valence-electron chi connectivity index (χ4n) is 4.09. The second kappa shape index (κ2) is 5.95. The molecule has 0 bridgehead atoms. The van der Waals surface area contributed by atoms with Crippen LogP contribution in [0.5, 0.6) is 0 Å². The molecule has 118 valence electrons. The molecule has 3 aliphatic rings. The van der Waals surface area contributed by atoms with Crippen molar-refractivity contribution in [1.29, 1.82) is 0 Å². The summed E-state index contributed by atoms with van der Waals surface area (Å²) in [6.45, 7) is 0.871. The predicted octanol–water partition coefficient (Wildman–Crippen LogP) is 1.18. The minimum Gasteiger partial charge on any atom is -0.358 e. The third-order valence-corrected chi connectivity index (χ3v) is 5.36. The van der Waals surface area contributed by atoms with Gasteiger partial charge >= 0.3 is 0 Å². The van der Waals surface area contributed by atoms with E-state index in [2.05, 4.69) is 15.5 Å². The third-order valence-electron chi connectivity index (χ3n) is 5.36. The van der Waals surface area contributed by atoms with Gasteiger partial charge in [-0.1, -0.05) is 19.3 Å². The van der Waals surface area contributed by atoms with E-state index in [0.717, 1.165) is 57.9 Å². The standard InChI is InChI=1S/C16H27N3O2/c1-17-15(21)16(9-3-2-4-10-16)19-11-5-6-13(19)14(20)18-12-7-8-12/h12-13H,2-11H2,1H3,(H,17,21)(H,18,20)/t13-/m0/s1. The topological polar surface area (TPSA) is 61.4 Å². The van der Waals surface area contributed by atoms with Crippen LogP contribution in [-0.2, 0) is 9.59 Å². The lowest BCUT2D eigenvalue weighted by Gasteiger charge is -2.45. The molecule has 2 amide bonds. The van der Waals surface area contributed by atoms with E-state index < -0.39 is 5.54 Å². The molecule has 0 aromatic carbocycles. The van der Waals surface area contributed by atoms with Crippen molar-refractivity contribution in [2.24, 2.45) is 0 Å². The molecule has 21 heavy (non-hydrogen) atoms. The summed E-state index contributed by atoms with van der Waals surface area (Å²) in [6, 6.07) is 0.281. The van der Waals surface area contributed by atoms with Crippen molar-refractivity contribution in [3.63, 3.8) is 0 Å². The molecule has 1 heterocycles. The Morgan fingerprint density at radius 1 is 1.05 bits per heavy atom. The fraction of sp³-hybridized carbons (Fsp3) is 0.875. The first-order valence-electron chi connectivity index (χ1n) is 8.47. The normalized spacial score (nSPS) is 29.1. The Morgan fingerprint density at radius 3 is 2.38 bits per heavy atom. The van der Waals surface area contributed by atoms with Gasteiger partial charge in [0.2, 0.25) is 11.8 Å². The highest BCUT2D eigenvalue weighted by Crippen LogP contribution is 2.39. The molecule has 2 saturated carbocycles. The van der Waals surface area contributed by atoms with E-state index >= 15 is 0 Å². The highest BCUT2D eigenvalue weighted by atomic mass is 16.2. The van der Waals surface area contributed by atoms with Crippen LogP contribution in [-0.4, -0.2) is 47.9 Å². The minimum atomic E-state index is -0.449. The van der Waals surface area contributed by atoms with E-state index in [1.165, 1.54) is 6.42 Å². The molecule has 2 aliphatic carbocycles. The summed E-state index contributed by atoms with van der Waals surface area (Å²) in [5.74, 6) is 0.247. The van der Waals surface area contributed by atoms with Gasteiger partial charge in [0.05, 0.1) is 6.04 Å². The van der Waals surface area contributed by atoms with Gasteiger partial charge in [-0.05, 0) is 38.5 Å². The molecule has 1 saturated heterocycles. The first kappa shape index (κ1) is 14.8. The molecule has 1 atom stereocenters. The van der Waals surface area contributed by atoms with Gasteiger partial charge in [-0.25, -0.2) is 0 Å². The number of rotatable bonds is 4. The highest BCUT2D eigenvalue weighted by Gasteiger charge is 2.50. The van der Waals surface area contributed by atoms with E-state index in [1.807, 2.05) is 0 Å². The van der Waals surface area contributed by atoms with Crippen LogP contribution in [0.2, 0.25) is 0 Å². The van der Waals surface area contributed by atoms with Crippen molar-refractivity contribution in [2.75, 3.05) is 13.6 Å². The molecule has 1 aliphatic heterocycles. The maximum Gasteiger partial charge on any atom is 0.240 e. The van der Waals surface area contributed by atoms with Crippen LogP contribution in [0.3, 0.4) is 0 Å².